The van der Waals surface area contributed by atoms with E-state index in [9.17, 15) is 13.2 Å². The van der Waals surface area contributed by atoms with Crippen LogP contribution in [0.15, 0.2) is 30.1 Å². The summed E-state index contributed by atoms with van der Waals surface area (Å²) in [5, 5.41) is 5.74. The molecular formula is C19H22ClIN6O5S. The van der Waals surface area contributed by atoms with Crippen molar-refractivity contribution in [1.29, 1.82) is 0 Å². The molecule has 0 aromatic carbocycles. The van der Waals surface area contributed by atoms with Gasteiger partial charge in [-0.1, -0.05) is 40.8 Å². The van der Waals surface area contributed by atoms with Crippen LogP contribution >= 0.6 is 34.2 Å². The number of allylic oxidation sites excluding steroid dienone is 3. The van der Waals surface area contributed by atoms with E-state index in [2.05, 4.69) is 60.3 Å². The Morgan fingerprint density at radius 1 is 1.42 bits per heavy atom. The zero-order chi connectivity index (χ0) is 23.8. The maximum absolute atomic E-state index is 12.1. The first-order chi connectivity index (χ1) is 15.6. The second-order valence-corrected chi connectivity index (χ2v) is 11.2. The van der Waals surface area contributed by atoms with E-state index in [4.69, 9.17) is 20.5 Å². The molecule has 2 aliphatic rings. The Hall–Kier alpha value is -1.81. The van der Waals surface area contributed by atoms with Gasteiger partial charge >= 0.3 is 0 Å². The number of hydrogen-bond acceptors (Lipinski definition) is 9. The van der Waals surface area contributed by atoms with Crippen LogP contribution in [0.4, 0.5) is 5.82 Å². The Balaban J connectivity index is 1.65. The van der Waals surface area contributed by atoms with Crippen LogP contribution in [-0.4, -0.2) is 69.8 Å². The van der Waals surface area contributed by atoms with Gasteiger partial charge in [0, 0.05) is 23.9 Å². The molecule has 1 aliphatic heterocycles. The highest BCUT2D eigenvalue weighted by molar-refractivity contribution is 14.1. The Morgan fingerprint density at radius 3 is 2.91 bits per heavy atom. The fourth-order valence-corrected chi connectivity index (χ4v) is 5.34. The Bertz CT molecular complexity index is 1230. The standard InChI is InChI=1S/C19H22ClIN6O5S/c1-22-17(28)12-7-13(32-33(2,29)30)18(31-12)27-9-24-14-15(25-19(20)26-16(14)27)23-8-10-4-3-5-11(21)6-10/h3-5,9,11-13,18H,6-8H2,1-2H3,(H,22,28)(H,23,25,26)/t11?,12?,13?,18-/m1/s1. The fraction of sp³-hybridized carbons (Fsp3) is 0.474. The SMILES string of the molecule is CNC(=O)C1CC(OS(C)(=O)=O)[C@H](n2cnc3c(NCC4=CC=CC(I)C4)nc(Cl)nc32)O1. The molecule has 3 unspecified atom stereocenters. The monoisotopic (exact) mass is 608 g/mol. The molecule has 0 bridgehead atoms. The number of amides is 1. The van der Waals surface area contributed by atoms with Crippen molar-refractivity contribution in [3.05, 3.63) is 35.4 Å². The van der Waals surface area contributed by atoms with Gasteiger partial charge in [0.2, 0.25) is 11.2 Å². The Labute approximate surface area is 209 Å². The van der Waals surface area contributed by atoms with Crippen LogP contribution < -0.4 is 10.6 Å². The highest BCUT2D eigenvalue weighted by Crippen LogP contribution is 2.35. The van der Waals surface area contributed by atoms with Crippen molar-refractivity contribution in [3.63, 3.8) is 0 Å². The van der Waals surface area contributed by atoms with E-state index in [0.29, 0.717) is 27.5 Å². The van der Waals surface area contributed by atoms with Gasteiger partial charge < -0.3 is 15.4 Å². The number of carbonyl (C=O) groups excluding carboxylic acids is 1. The summed E-state index contributed by atoms with van der Waals surface area (Å²) in [4.78, 5) is 25.1. The third kappa shape index (κ3) is 5.65. The predicted molar refractivity (Wildman–Crippen MR) is 131 cm³/mol. The van der Waals surface area contributed by atoms with Gasteiger partial charge in [-0.3, -0.25) is 13.5 Å². The van der Waals surface area contributed by atoms with Crippen LogP contribution in [0.3, 0.4) is 0 Å². The lowest BCUT2D eigenvalue weighted by molar-refractivity contribution is -0.133. The first-order valence-corrected chi connectivity index (χ1v) is 13.5. The van der Waals surface area contributed by atoms with E-state index in [-0.39, 0.29) is 17.6 Å². The second kappa shape index (κ2) is 9.82. The molecule has 1 amide bonds. The topological polar surface area (TPSA) is 137 Å². The number of aromatic nitrogens is 4. The van der Waals surface area contributed by atoms with Gasteiger partial charge in [-0.15, -0.1) is 0 Å². The number of nitrogens with zero attached hydrogens (tertiary/aromatic N) is 4. The molecule has 2 aromatic rings. The molecule has 0 radical (unpaired) electrons. The van der Waals surface area contributed by atoms with Gasteiger partial charge in [-0.05, 0) is 23.6 Å². The van der Waals surface area contributed by atoms with Gasteiger partial charge in [-0.25, -0.2) is 4.98 Å². The predicted octanol–water partition coefficient (Wildman–Crippen LogP) is 1.96. The van der Waals surface area contributed by atoms with E-state index >= 15 is 0 Å². The molecule has 11 nitrogen and oxygen atoms in total. The summed E-state index contributed by atoms with van der Waals surface area (Å²) >= 11 is 8.56. The lowest BCUT2D eigenvalue weighted by Gasteiger charge is -2.19. The molecule has 0 saturated carbocycles. The van der Waals surface area contributed by atoms with Crippen LogP contribution in [0.1, 0.15) is 19.1 Å². The van der Waals surface area contributed by atoms with Crippen molar-refractivity contribution in [2.75, 3.05) is 25.2 Å². The maximum atomic E-state index is 12.1. The number of halogens is 2. The molecule has 33 heavy (non-hydrogen) atoms. The molecule has 4 rings (SSSR count). The summed E-state index contributed by atoms with van der Waals surface area (Å²) in [6.45, 7) is 0.553. The number of likely N-dealkylation sites (N-methyl/N-ethyl adjacent to an activating group) is 1. The van der Waals surface area contributed by atoms with Crippen LogP contribution in [0, 0.1) is 0 Å². The number of anilines is 1. The first kappa shape index (κ1) is 24.3. The number of carbonyl (C=O) groups is 1. The highest BCUT2D eigenvalue weighted by atomic mass is 127. The molecule has 1 aliphatic carbocycles. The third-order valence-corrected chi connectivity index (χ3v) is 6.79. The molecule has 14 heteroatoms. The zero-order valence-corrected chi connectivity index (χ0v) is 21.5. The normalized spacial score (nSPS) is 25.3. The molecule has 0 spiro atoms. The number of nitrogens with one attached hydrogen (secondary N) is 2. The van der Waals surface area contributed by atoms with Crippen molar-refractivity contribution >= 4 is 67.2 Å². The van der Waals surface area contributed by atoms with Crippen molar-refractivity contribution in [1.82, 2.24) is 24.8 Å². The first-order valence-electron chi connectivity index (χ1n) is 10.0. The lowest BCUT2D eigenvalue weighted by atomic mass is 10.1. The minimum Gasteiger partial charge on any atom is -0.364 e. The largest absolute Gasteiger partial charge is 0.364 e. The highest BCUT2D eigenvalue weighted by Gasteiger charge is 2.43. The van der Waals surface area contributed by atoms with E-state index in [1.54, 1.807) is 0 Å². The van der Waals surface area contributed by atoms with Crippen molar-refractivity contribution in [3.8, 4) is 0 Å². The van der Waals surface area contributed by atoms with E-state index in [0.717, 1.165) is 12.7 Å². The van der Waals surface area contributed by atoms with E-state index in [1.807, 2.05) is 6.08 Å². The smallest absolute Gasteiger partial charge is 0.264 e. The molecule has 1 saturated heterocycles. The van der Waals surface area contributed by atoms with Gasteiger partial charge in [0.05, 0.1) is 12.6 Å². The third-order valence-electron chi connectivity index (χ3n) is 5.17. The van der Waals surface area contributed by atoms with Crippen LogP contribution in [0.5, 0.6) is 0 Å². The quantitative estimate of drug-likeness (QED) is 0.209. The summed E-state index contributed by atoms with van der Waals surface area (Å²) in [6.07, 6.45) is 6.75. The van der Waals surface area contributed by atoms with Gasteiger partial charge in [0.15, 0.2) is 23.2 Å². The molecule has 4 atom stereocenters. The van der Waals surface area contributed by atoms with Crippen LogP contribution in [0.2, 0.25) is 5.28 Å². The van der Waals surface area contributed by atoms with Crippen molar-refractivity contribution < 1.29 is 22.1 Å². The molecular weight excluding hydrogens is 587 g/mol. The number of alkyl halides is 1. The summed E-state index contributed by atoms with van der Waals surface area (Å²) in [5.41, 5.74) is 1.96. The van der Waals surface area contributed by atoms with Gasteiger partial charge in [0.25, 0.3) is 10.1 Å². The minimum atomic E-state index is -3.81. The molecule has 3 heterocycles. The average Bonchev–Trinajstić information content (AvgIpc) is 3.34. The number of rotatable bonds is 7. The van der Waals surface area contributed by atoms with E-state index < -0.39 is 28.6 Å². The van der Waals surface area contributed by atoms with Crippen molar-refractivity contribution in [2.45, 2.75) is 35.2 Å². The molecule has 1 fully saturated rings. The Morgan fingerprint density at radius 2 is 2.21 bits per heavy atom. The second-order valence-electron chi connectivity index (χ2n) is 7.65. The van der Waals surface area contributed by atoms with E-state index in [1.165, 1.54) is 23.5 Å². The Kier molecular flexibility index (Phi) is 7.23. The average molecular weight is 609 g/mol. The lowest BCUT2D eigenvalue weighted by Crippen LogP contribution is -2.31. The van der Waals surface area contributed by atoms with Crippen molar-refractivity contribution in [2.24, 2.45) is 0 Å². The number of imidazole rings is 1. The summed E-state index contributed by atoms with van der Waals surface area (Å²) in [7, 11) is -2.34. The summed E-state index contributed by atoms with van der Waals surface area (Å²) in [6, 6.07) is 0. The molecule has 2 aromatic heterocycles. The number of ether oxygens (including phenoxy) is 1. The van der Waals surface area contributed by atoms with Crippen LogP contribution in [-0.2, 0) is 23.8 Å². The molecule has 2 N–H and O–H groups in total. The maximum Gasteiger partial charge on any atom is 0.264 e. The molecule has 178 valence electrons. The summed E-state index contributed by atoms with van der Waals surface area (Å²) in [5.74, 6) is 0.0491. The zero-order valence-electron chi connectivity index (χ0n) is 17.7. The minimum absolute atomic E-state index is 0.0162. The number of hydrogen-bond donors (Lipinski definition) is 2. The van der Waals surface area contributed by atoms with Crippen LogP contribution in [0.25, 0.3) is 11.2 Å². The summed E-state index contributed by atoms with van der Waals surface area (Å²) < 4.78 is 36.6. The fourth-order valence-electron chi connectivity index (χ4n) is 3.75. The van der Waals surface area contributed by atoms with Gasteiger partial charge in [-0.2, -0.15) is 18.4 Å². The van der Waals surface area contributed by atoms with Gasteiger partial charge in [0.1, 0.15) is 12.2 Å². The number of fused-ring (bicyclic) bond motifs is 1.